The maximum Gasteiger partial charge on any atom is 0.123 e. The van der Waals surface area contributed by atoms with Crippen LogP contribution in [0.15, 0.2) is 89.9 Å². The molecule has 3 aromatic rings. The maximum absolute atomic E-state index is 13.1. The molecule has 3 aromatic carbocycles. The van der Waals surface area contributed by atoms with Crippen LogP contribution in [0.2, 0.25) is 0 Å². The minimum Gasteiger partial charge on any atom is -0.364 e. The van der Waals surface area contributed by atoms with Crippen molar-refractivity contribution in [2.24, 2.45) is 4.99 Å². The van der Waals surface area contributed by atoms with E-state index in [0.29, 0.717) is 0 Å². The Balaban J connectivity index is 1.55. The lowest BCUT2D eigenvalue weighted by Gasteiger charge is -2.19. The third-order valence-electron chi connectivity index (χ3n) is 4.80. The first kappa shape index (κ1) is 16.5. The van der Waals surface area contributed by atoms with E-state index in [0.717, 1.165) is 24.2 Å². The van der Waals surface area contributed by atoms with Crippen LogP contribution < -0.4 is 5.32 Å². The fourth-order valence-electron chi connectivity index (χ4n) is 3.43. The summed E-state index contributed by atoms with van der Waals surface area (Å²) >= 11 is 0. The summed E-state index contributed by atoms with van der Waals surface area (Å²) in [4.78, 5) is 4.98. The van der Waals surface area contributed by atoms with Crippen molar-refractivity contribution >= 4 is 5.84 Å². The summed E-state index contributed by atoms with van der Waals surface area (Å²) in [6, 6.07) is 27.8. The van der Waals surface area contributed by atoms with E-state index < -0.39 is 0 Å². The summed E-state index contributed by atoms with van der Waals surface area (Å²) in [6.45, 7) is 0. The first-order valence-corrected chi connectivity index (χ1v) is 8.97. The second kappa shape index (κ2) is 7.52. The molecule has 0 saturated carbocycles. The van der Waals surface area contributed by atoms with Gasteiger partial charge in [-0.25, -0.2) is 4.39 Å². The van der Waals surface area contributed by atoms with E-state index in [-0.39, 0.29) is 17.9 Å². The number of benzene rings is 3. The molecule has 1 aliphatic rings. The molecule has 0 amide bonds. The zero-order chi connectivity index (χ0) is 17.8. The van der Waals surface area contributed by atoms with Crippen LogP contribution in [0.1, 0.15) is 35.2 Å². The molecule has 0 spiro atoms. The number of nitrogens with one attached hydrogen (secondary N) is 1. The standard InChI is InChI=1S/C23H21FN2/c24-20-14-11-17(12-15-20)13-16-21-25-22(18-7-3-1-4-8-18)23(26-21)19-9-5-2-6-10-19/h1-12,14-15,22-23H,13,16H2,(H,25,26). The third kappa shape index (κ3) is 3.67. The van der Waals surface area contributed by atoms with E-state index in [4.69, 9.17) is 4.99 Å². The average Bonchev–Trinajstić information content (AvgIpc) is 3.13. The Morgan fingerprint density at radius 3 is 2.00 bits per heavy atom. The van der Waals surface area contributed by atoms with E-state index in [1.54, 1.807) is 0 Å². The number of nitrogens with zero attached hydrogens (tertiary/aromatic N) is 1. The molecule has 0 aliphatic carbocycles. The number of amidine groups is 1. The zero-order valence-corrected chi connectivity index (χ0v) is 14.5. The van der Waals surface area contributed by atoms with Gasteiger partial charge in [0, 0.05) is 6.42 Å². The number of rotatable bonds is 5. The SMILES string of the molecule is Fc1ccc(CCC2=NC(c3ccccc3)C(c3ccccc3)N2)cc1. The van der Waals surface area contributed by atoms with E-state index in [1.807, 2.05) is 24.3 Å². The molecule has 1 N–H and O–H groups in total. The van der Waals surface area contributed by atoms with Gasteiger partial charge in [0.25, 0.3) is 0 Å². The molecule has 4 rings (SSSR count). The zero-order valence-electron chi connectivity index (χ0n) is 14.5. The van der Waals surface area contributed by atoms with E-state index >= 15 is 0 Å². The van der Waals surface area contributed by atoms with Gasteiger partial charge in [0.15, 0.2) is 0 Å². The number of halogens is 1. The summed E-state index contributed by atoms with van der Waals surface area (Å²) in [6.07, 6.45) is 1.66. The van der Waals surface area contributed by atoms with Crippen molar-refractivity contribution in [2.75, 3.05) is 0 Å². The molecule has 2 atom stereocenters. The Labute approximate surface area is 153 Å². The molecule has 0 fully saturated rings. The molecule has 0 bridgehead atoms. The highest BCUT2D eigenvalue weighted by molar-refractivity contribution is 5.85. The van der Waals surface area contributed by atoms with E-state index in [9.17, 15) is 4.39 Å². The Kier molecular flexibility index (Phi) is 4.78. The molecule has 26 heavy (non-hydrogen) atoms. The van der Waals surface area contributed by atoms with E-state index in [1.165, 1.54) is 23.3 Å². The monoisotopic (exact) mass is 344 g/mol. The van der Waals surface area contributed by atoms with E-state index in [2.05, 4.69) is 53.8 Å². The van der Waals surface area contributed by atoms with Crippen molar-refractivity contribution in [3.05, 3.63) is 107 Å². The molecular formula is C23H21FN2. The highest BCUT2D eigenvalue weighted by atomic mass is 19.1. The minimum atomic E-state index is -0.196. The van der Waals surface area contributed by atoms with Gasteiger partial charge in [-0.2, -0.15) is 0 Å². The Morgan fingerprint density at radius 1 is 0.731 bits per heavy atom. The molecule has 0 aromatic heterocycles. The Hall–Kier alpha value is -2.94. The molecule has 3 heteroatoms. The van der Waals surface area contributed by atoms with Gasteiger partial charge in [-0.3, -0.25) is 4.99 Å². The molecule has 2 nitrogen and oxygen atoms in total. The maximum atomic E-state index is 13.1. The van der Waals surface area contributed by atoms with Gasteiger partial charge in [-0.05, 0) is 35.2 Å². The van der Waals surface area contributed by atoms with Crippen LogP contribution in [0.25, 0.3) is 0 Å². The van der Waals surface area contributed by atoms with Crippen LogP contribution in [0.3, 0.4) is 0 Å². The topological polar surface area (TPSA) is 24.4 Å². The number of aliphatic imine (C=N–C) groups is 1. The Morgan fingerprint density at radius 2 is 1.35 bits per heavy atom. The first-order chi connectivity index (χ1) is 12.8. The van der Waals surface area contributed by atoms with Crippen molar-refractivity contribution in [3.8, 4) is 0 Å². The van der Waals surface area contributed by atoms with Crippen LogP contribution in [0.4, 0.5) is 4.39 Å². The van der Waals surface area contributed by atoms with Crippen LogP contribution >= 0.6 is 0 Å². The fourth-order valence-corrected chi connectivity index (χ4v) is 3.43. The lowest BCUT2D eigenvalue weighted by molar-refractivity contribution is 0.571. The fraction of sp³-hybridized carbons (Fsp3) is 0.174. The lowest BCUT2D eigenvalue weighted by Crippen LogP contribution is -2.24. The van der Waals surface area contributed by atoms with Crippen LogP contribution in [0, 0.1) is 5.82 Å². The van der Waals surface area contributed by atoms with Gasteiger partial charge in [0.05, 0.1) is 11.9 Å². The highest BCUT2D eigenvalue weighted by Gasteiger charge is 2.30. The summed E-state index contributed by atoms with van der Waals surface area (Å²) in [5.41, 5.74) is 3.57. The second-order valence-electron chi connectivity index (χ2n) is 6.59. The molecule has 0 radical (unpaired) electrons. The molecule has 1 heterocycles. The quantitative estimate of drug-likeness (QED) is 0.672. The average molecular weight is 344 g/mol. The van der Waals surface area contributed by atoms with Gasteiger partial charge < -0.3 is 5.32 Å². The van der Waals surface area contributed by atoms with Crippen LogP contribution in [0.5, 0.6) is 0 Å². The van der Waals surface area contributed by atoms with Crippen molar-refractivity contribution in [3.63, 3.8) is 0 Å². The largest absolute Gasteiger partial charge is 0.364 e. The number of hydrogen-bond acceptors (Lipinski definition) is 2. The lowest BCUT2D eigenvalue weighted by atomic mass is 9.95. The molecule has 2 unspecified atom stereocenters. The van der Waals surface area contributed by atoms with Gasteiger partial charge >= 0.3 is 0 Å². The highest BCUT2D eigenvalue weighted by Crippen LogP contribution is 2.36. The van der Waals surface area contributed by atoms with Gasteiger partial charge in [-0.1, -0.05) is 72.8 Å². The first-order valence-electron chi connectivity index (χ1n) is 8.97. The Bertz CT molecular complexity index is 873. The minimum absolute atomic E-state index is 0.0711. The summed E-state index contributed by atoms with van der Waals surface area (Å²) in [7, 11) is 0. The van der Waals surface area contributed by atoms with Crippen molar-refractivity contribution in [1.82, 2.24) is 5.32 Å². The van der Waals surface area contributed by atoms with Crippen LogP contribution in [-0.4, -0.2) is 5.84 Å². The summed E-state index contributed by atoms with van der Waals surface area (Å²) in [5.74, 6) is 0.815. The van der Waals surface area contributed by atoms with Gasteiger partial charge in [-0.15, -0.1) is 0 Å². The third-order valence-corrected chi connectivity index (χ3v) is 4.80. The normalized spacial score (nSPS) is 19.0. The number of hydrogen-bond donors (Lipinski definition) is 1. The predicted octanol–water partition coefficient (Wildman–Crippen LogP) is 5.24. The molecule has 1 aliphatic heterocycles. The smallest absolute Gasteiger partial charge is 0.123 e. The van der Waals surface area contributed by atoms with Crippen molar-refractivity contribution < 1.29 is 4.39 Å². The van der Waals surface area contributed by atoms with Crippen molar-refractivity contribution in [1.29, 1.82) is 0 Å². The molecular weight excluding hydrogens is 323 g/mol. The molecule has 130 valence electrons. The summed E-state index contributed by atoms with van der Waals surface area (Å²) in [5, 5.41) is 3.61. The number of aryl methyl sites for hydroxylation is 1. The predicted molar refractivity (Wildman–Crippen MR) is 104 cm³/mol. The molecule has 0 saturated heterocycles. The second-order valence-corrected chi connectivity index (χ2v) is 6.59. The van der Waals surface area contributed by atoms with Gasteiger partial charge in [0.2, 0.25) is 0 Å². The summed E-state index contributed by atoms with van der Waals surface area (Å²) < 4.78 is 13.1. The van der Waals surface area contributed by atoms with Gasteiger partial charge in [0.1, 0.15) is 11.9 Å². The van der Waals surface area contributed by atoms with Crippen molar-refractivity contribution in [2.45, 2.75) is 24.9 Å². The van der Waals surface area contributed by atoms with Crippen LogP contribution in [-0.2, 0) is 6.42 Å².